The molecule has 8 heteroatoms. The molecule has 1 saturated heterocycles. The Morgan fingerprint density at radius 2 is 1.70 bits per heavy atom. The molecule has 1 aliphatic heterocycles. The molecule has 0 spiro atoms. The maximum atomic E-state index is 13.2. The number of hydrogen-bond donors (Lipinski definition) is 0. The molecule has 0 saturated carbocycles. The predicted octanol–water partition coefficient (Wildman–Crippen LogP) is 3.13. The average molecular weight is 453 g/mol. The second-order valence-corrected chi connectivity index (χ2v) is 8.93. The summed E-state index contributed by atoms with van der Waals surface area (Å²) in [6.45, 7) is 1.08. The van der Waals surface area contributed by atoms with Crippen LogP contribution in [0.5, 0.6) is 0 Å². The van der Waals surface area contributed by atoms with Crippen LogP contribution in [0.4, 0.5) is 4.39 Å². The van der Waals surface area contributed by atoms with Crippen molar-refractivity contribution in [2.75, 3.05) is 26.2 Å². The molecule has 1 amide bonds. The van der Waals surface area contributed by atoms with Crippen LogP contribution in [-0.2, 0) is 14.8 Å². The number of piperazine rings is 1. The van der Waals surface area contributed by atoms with Crippen LogP contribution < -0.4 is 0 Å². The number of nitrogens with zero attached hydrogens (tertiary/aromatic N) is 2. The van der Waals surface area contributed by atoms with Gasteiger partial charge in [-0.15, -0.1) is 0 Å². The maximum Gasteiger partial charge on any atom is 0.246 e. The van der Waals surface area contributed by atoms with Gasteiger partial charge in [0.1, 0.15) is 5.82 Å². The van der Waals surface area contributed by atoms with E-state index in [4.69, 9.17) is 0 Å². The molecule has 0 aromatic heterocycles. The summed E-state index contributed by atoms with van der Waals surface area (Å²) in [7, 11) is -3.57. The molecule has 0 aliphatic carbocycles. The standard InChI is InChI=1S/C19H18BrFN2O3S/c20-16-5-7-18(8-6-16)27(25,26)23-12-10-22(11-13-23)19(24)9-4-15-2-1-3-17(21)14-15/h1-9,14H,10-13H2. The van der Waals surface area contributed by atoms with Gasteiger partial charge < -0.3 is 4.90 Å². The maximum absolute atomic E-state index is 13.2. The molecule has 1 fully saturated rings. The van der Waals surface area contributed by atoms with Crippen LogP contribution in [0.25, 0.3) is 6.08 Å². The monoisotopic (exact) mass is 452 g/mol. The van der Waals surface area contributed by atoms with Crippen molar-refractivity contribution in [2.45, 2.75) is 4.90 Å². The highest BCUT2D eigenvalue weighted by Gasteiger charge is 2.29. The van der Waals surface area contributed by atoms with Crippen LogP contribution in [0.1, 0.15) is 5.56 Å². The first-order valence-electron chi connectivity index (χ1n) is 8.34. The Hall–Kier alpha value is -2.03. The topological polar surface area (TPSA) is 57.7 Å². The fourth-order valence-electron chi connectivity index (χ4n) is 2.79. The largest absolute Gasteiger partial charge is 0.337 e. The van der Waals surface area contributed by atoms with Crippen LogP contribution in [0, 0.1) is 5.82 Å². The molecule has 5 nitrogen and oxygen atoms in total. The van der Waals surface area contributed by atoms with Gasteiger partial charge in [0, 0.05) is 36.7 Å². The molecule has 0 radical (unpaired) electrons. The van der Waals surface area contributed by atoms with Gasteiger partial charge in [-0.05, 0) is 48.0 Å². The minimum absolute atomic E-state index is 0.222. The summed E-state index contributed by atoms with van der Waals surface area (Å²) in [5.74, 6) is -0.587. The third kappa shape index (κ3) is 4.82. The lowest BCUT2D eigenvalue weighted by molar-refractivity contribution is -0.127. The minimum atomic E-state index is -3.57. The molecule has 0 atom stereocenters. The lowest BCUT2D eigenvalue weighted by Crippen LogP contribution is -2.50. The molecule has 2 aromatic carbocycles. The number of hydrogen-bond acceptors (Lipinski definition) is 3. The number of rotatable bonds is 4. The molecule has 3 rings (SSSR count). The Labute approximate surface area is 166 Å². The van der Waals surface area contributed by atoms with Crippen molar-refractivity contribution in [3.8, 4) is 0 Å². The number of carbonyl (C=O) groups is 1. The first-order valence-corrected chi connectivity index (χ1v) is 10.6. The van der Waals surface area contributed by atoms with Crippen LogP contribution in [0.15, 0.2) is 64.0 Å². The van der Waals surface area contributed by atoms with Crippen molar-refractivity contribution in [2.24, 2.45) is 0 Å². The number of halogens is 2. The van der Waals surface area contributed by atoms with Crippen molar-refractivity contribution >= 4 is 37.9 Å². The molecular formula is C19H18BrFN2O3S. The highest BCUT2D eigenvalue weighted by molar-refractivity contribution is 9.10. The number of amides is 1. The van der Waals surface area contributed by atoms with E-state index >= 15 is 0 Å². The normalized spacial score (nSPS) is 16.0. The highest BCUT2D eigenvalue weighted by atomic mass is 79.9. The SMILES string of the molecule is O=C(C=Cc1cccc(F)c1)N1CCN(S(=O)(=O)c2ccc(Br)cc2)CC1. The Kier molecular flexibility index (Phi) is 6.08. The second-order valence-electron chi connectivity index (χ2n) is 6.07. The van der Waals surface area contributed by atoms with E-state index in [1.165, 1.54) is 22.5 Å². The fourth-order valence-corrected chi connectivity index (χ4v) is 4.47. The van der Waals surface area contributed by atoms with Crippen LogP contribution in [0.3, 0.4) is 0 Å². The summed E-state index contributed by atoms with van der Waals surface area (Å²) in [6.07, 6.45) is 2.93. The van der Waals surface area contributed by atoms with Crippen molar-refractivity contribution < 1.29 is 17.6 Å². The van der Waals surface area contributed by atoms with Gasteiger partial charge >= 0.3 is 0 Å². The first kappa shape index (κ1) is 19.7. The molecule has 2 aromatic rings. The average Bonchev–Trinajstić information content (AvgIpc) is 2.66. The predicted molar refractivity (Wildman–Crippen MR) is 105 cm³/mol. The van der Waals surface area contributed by atoms with E-state index in [9.17, 15) is 17.6 Å². The van der Waals surface area contributed by atoms with E-state index in [0.29, 0.717) is 18.7 Å². The van der Waals surface area contributed by atoms with E-state index in [0.717, 1.165) is 4.47 Å². The zero-order valence-corrected chi connectivity index (χ0v) is 16.8. The van der Waals surface area contributed by atoms with Gasteiger partial charge in [-0.3, -0.25) is 4.79 Å². The summed E-state index contributed by atoms with van der Waals surface area (Å²) in [5.41, 5.74) is 0.597. The lowest BCUT2D eigenvalue weighted by atomic mass is 10.2. The Balaban J connectivity index is 1.61. The summed E-state index contributed by atoms with van der Waals surface area (Å²) in [6, 6.07) is 12.4. The summed E-state index contributed by atoms with van der Waals surface area (Å²) < 4.78 is 40.7. The summed E-state index contributed by atoms with van der Waals surface area (Å²) in [5, 5.41) is 0. The van der Waals surface area contributed by atoms with Crippen molar-refractivity contribution in [1.82, 2.24) is 9.21 Å². The first-order chi connectivity index (χ1) is 12.9. The molecule has 0 bridgehead atoms. The molecular weight excluding hydrogens is 435 g/mol. The van der Waals surface area contributed by atoms with E-state index in [-0.39, 0.29) is 29.7 Å². The van der Waals surface area contributed by atoms with Crippen LogP contribution >= 0.6 is 15.9 Å². The molecule has 1 aliphatic rings. The van der Waals surface area contributed by atoms with E-state index in [1.807, 2.05) is 0 Å². The van der Waals surface area contributed by atoms with Crippen molar-refractivity contribution in [1.29, 1.82) is 0 Å². The zero-order valence-electron chi connectivity index (χ0n) is 14.4. The third-order valence-corrected chi connectivity index (χ3v) is 6.71. The number of benzene rings is 2. The smallest absolute Gasteiger partial charge is 0.246 e. The minimum Gasteiger partial charge on any atom is -0.337 e. The second kappa shape index (κ2) is 8.33. The van der Waals surface area contributed by atoms with E-state index < -0.39 is 10.0 Å². The summed E-state index contributed by atoms with van der Waals surface area (Å²) in [4.78, 5) is 14.1. The molecule has 0 unspecified atom stereocenters. The Morgan fingerprint density at radius 1 is 1.04 bits per heavy atom. The van der Waals surface area contributed by atoms with Gasteiger partial charge in [-0.2, -0.15) is 4.31 Å². The Bertz CT molecular complexity index is 953. The van der Waals surface area contributed by atoms with Gasteiger partial charge in [-0.1, -0.05) is 28.1 Å². The van der Waals surface area contributed by atoms with Gasteiger partial charge in [-0.25, -0.2) is 12.8 Å². The molecule has 142 valence electrons. The van der Waals surface area contributed by atoms with Crippen molar-refractivity contribution in [3.05, 3.63) is 70.5 Å². The van der Waals surface area contributed by atoms with Gasteiger partial charge in [0.15, 0.2) is 0 Å². The fraction of sp³-hybridized carbons (Fsp3) is 0.211. The zero-order chi connectivity index (χ0) is 19.4. The number of carbonyl (C=O) groups excluding carboxylic acids is 1. The lowest BCUT2D eigenvalue weighted by Gasteiger charge is -2.33. The molecule has 0 N–H and O–H groups in total. The highest BCUT2D eigenvalue weighted by Crippen LogP contribution is 2.20. The summed E-state index contributed by atoms with van der Waals surface area (Å²) >= 11 is 3.29. The van der Waals surface area contributed by atoms with E-state index in [1.54, 1.807) is 47.4 Å². The van der Waals surface area contributed by atoms with Gasteiger partial charge in [0.2, 0.25) is 15.9 Å². The van der Waals surface area contributed by atoms with Crippen LogP contribution in [0.2, 0.25) is 0 Å². The Morgan fingerprint density at radius 3 is 2.33 bits per heavy atom. The quantitative estimate of drug-likeness (QED) is 0.669. The molecule has 27 heavy (non-hydrogen) atoms. The van der Waals surface area contributed by atoms with Crippen LogP contribution in [-0.4, -0.2) is 49.7 Å². The molecule has 1 heterocycles. The van der Waals surface area contributed by atoms with Gasteiger partial charge in [0.25, 0.3) is 0 Å². The van der Waals surface area contributed by atoms with E-state index in [2.05, 4.69) is 15.9 Å². The third-order valence-electron chi connectivity index (χ3n) is 4.27. The van der Waals surface area contributed by atoms with Gasteiger partial charge in [0.05, 0.1) is 4.90 Å². The van der Waals surface area contributed by atoms with Crippen molar-refractivity contribution in [3.63, 3.8) is 0 Å². The number of sulfonamides is 1.